The number of halogens is 4. The number of rotatable bonds is 2. The molecule has 0 atom stereocenters. The highest BCUT2D eigenvalue weighted by molar-refractivity contribution is 6.75. The van der Waals surface area contributed by atoms with Crippen LogP contribution in [0.1, 0.15) is 0 Å². The van der Waals surface area contributed by atoms with Gasteiger partial charge < -0.3 is 17.3 Å². The molecule has 78 valence electrons. The van der Waals surface area contributed by atoms with Gasteiger partial charge in [-0.3, -0.25) is 0 Å². The molecular weight excluding hydrogens is 254 g/mol. The maximum atomic E-state index is 5.87. The van der Waals surface area contributed by atoms with Gasteiger partial charge in [0.05, 0.1) is 0 Å². The summed E-state index contributed by atoms with van der Waals surface area (Å²) in [7, 11) is 7.18. The van der Waals surface area contributed by atoms with Crippen LogP contribution in [0.15, 0.2) is 10.2 Å². The summed E-state index contributed by atoms with van der Waals surface area (Å²) >= 11 is 17.6. The van der Waals surface area contributed by atoms with Crippen LogP contribution in [-0.4, -0.2) is 42.8 Å². The molecular formula is C7H12Cl4N2. The van der Waals surface area contributed by atoms with E-state index in [1.54, 1.807) is 37.7 Å². The summed E-state index contributed by atoms with van der Waals surface area (Å²) in [5.74, 6) is 0. The van der Waals surface area contributed by atoms with Gasteiger partial charge in [-0.2, -0.15) is 0 Å². The Kier molecular flexibility index (Phi) is 8.24. The summed E-state index contributed by atoms with van der Waals surface area (Å²) in [4.78, 5) is 1.69. The van der Waals surface area contributed by atoms with E-state index in [2.05, 4.69) is 0 Å². The van der Waals surface area contributed by atoms with Crippen LogP contribution in [0.3, 0.4) is 0 Å². The molecule has 0 aromatic carbocycles. The number of hydrogen-bond donors (Lipinski definition) is 0. The Morgan fingerprint density at radius 1 is 1.08 bits per heavy atom. The topological polar surface area (TPSA) is 6.25 Å². The van der Waals surface area contributed by atoms with E-state index in [9.17, 15) is 0 Å². The van der Waals surface area contributed by atoms with E-state index in [-0.39, 0.29) is 12.4 Å². The Morgan fingerprint density at radius 3 is 1.69 bits per heavy atom. The van der Waals surface area contributed by atoms with Crippen LogP contribution in [0.5, 0.6) is 0 Å². The minimum atomic E-state index is 0. The number of nitrogens with zero attached hydrogens (tertiary/aromatic N) is 2. The second-order valence-electron chi connectivity index (χ2n) is 2.68. The molecule has 0 radical (unpaired) electrons. The fourth-order valence-electron chi connectivity index (χ4n) is 0.478. The lowest BCUT2D eigenvalue weighted by Gasteiger charge is -2.10. The molecule has 0 aromatic rings. The summed E-state index contributed by atoms with van der Waals surface area (Å²) in [6.07, 6.45) is 0. The van der Waals surface area contributed by atoms with Crippen LogP contribution in [0.2, 0.25) is 0 Å². The molecule has 0 saturated heterocycles. The quantitative estimate of drug-likeness (QED) is 0.357. The van der Waals surface area contributed by atoms with Gasteiger partial charge in [0.2, 0.25) is 0 Å². The van der Waals surface area contributed by atoms with Gasteiger partial charge in [-0.15, -0.1) is 0 Å². The third-order valence-corrected chi connectivity index (χ3v) is 2.75. The number of allylic oxidation sites excluding steroid dienone is 1. The van der Waals surface area contributed by atoms with Crippen molar-refractivity contribution >= 4 is 40.0 Å². The van der Waals surface area contributed by atoms with E-state index >= 15 is 0 Å². The van der Waals surface area contributed by atoms with E-state index in [0.29, 0.717) is 15.4 Å². The van der Waals surface area contributed by atoms with Crippen molar-refractivity contribution in [1.29, 1.82) is 0 Å². The third kappa shape index (κ3) is 4.96. The van der Waals surface area contributed by atoms with Gasteiger partial charge >= 0.3 is 0 Å². The molecule has 0 spiro atoms. The average Bonchev–Trinajstić information content (AvgIpc) is 2.00. The molecule has 0 heterocycles. The highest BCUT2D eigenvalue weighted by Gasteiger charge is 2.15. The monoisotopic (exact) mass is 264 g/mol. The van der Waals surface area contributed by atoms with Crippen molar-refractivity contribution in [3.05, 3.63) is 10.2 Å². The van der Waals surface area contributed by atoms with Crippen molar-refractivity contribution in [1.82, 2.24) is 4.90 Å². The summed E-state index contributed by atoms with van der Waals surface area (Å²) < 4.78 is 1.69. The summed E-state index contributed by atoms with van der Waals surface area (Å²) in [5.41, 5.74) is 0. The fourth-order valence-corrected chi connectivity index (χ4v) is 1.04. The van der Waals surface area contributed by atoms with E-state index in [1.165, 1.54) is 0 Å². The predicted octanol–water partition coefficient (Wildman–Crippen LogP) is -0.892. The van der Waals surface area contributed by atoms with Gasteiger partial charge in [-0.1, -0.05) is 23.2 Å². The van der Waals surface area contributed by atoms with Crippen molar-refractivity contribution in [2.45, 2.75) is 0 Å². The first-order chi connectivity index (χ1) is 5.37. The van der Waals surface area contributed by atoms with Gasteiger partial charge in [0.15, 0.2) is 5.03 Å². The first-order valence-corrected chi connectivity index (χ1v) is 4.44. The standard InChI is InChI=1S/C7H12Cl3N2.ClH/c1-11(2)6(9)5(8)7(10)12(3)4;/h1-4H3;1H/q+1;/p-1. The van der Waals surface area contributed by atoms with Crippen molar-refractivity contribution in [2.75, 3.05) is 28.2 Å². The Balaban J connectivity index is 0. The highest BCUT2D eigenvalue weighted by atomic mass is 35.5. The second-order valence-corrected chi connectivity index (χ2v) is 3.78. The molecule has 6 heteroatoms. The minimum Gasteiger partial charge on any atom is -1.00 e. The molecule has 0 bridgehead atoms. The largest absolute Gasteiger partial charge is 1.00 e. The van der Waals surface area contributed by atoms with Crippen molar-refractivity contribution in [3.63, 3.8) is 0 Å². The second kappa shape index (κ2) is 6.77. The molecule has 0 aromatic heterocycles. The van der Waals surface area contributed by atoms with Gasteiger partial charge in [0, 0.05) is 14.1 Å². The molecule has 0 N–H and O–H groups in total. The lowest BCUT2D eigenvalue weighted by molar-refractivity contribution is -0.461. The molecule has 0 amide bonds. The van der Waals surface area contributed by atoms with Crippen molar-refractivity contribution < 1.29 is 17.0 Å². The molecule has 2 nitrogen and oxygen atoms in total. The Morgan fingerprint density at radius 2 is 1.46 bits per heavy atom. The van der Waals surface area contributed by atoms with E-state index in [1.807, 2.05) is 0 Å². The van der Waals surface area contributed by atoms with Crippen LogP contribution >= 0.6 is 34.8 Å². The molecule has 0 fully saturated rings. The minimum absolute atomic E-state index is 0. The normalized spacial score (nSPS) is 11.3. The Labute approximate surface area is 100 Å². The Bertz CT molecular complexity index is 229. The van der Waals surface area contributed by atoms with Crippen molar-refractivity contribution in [2.24, 2.45) is 0 Å². The van der Waals surface area contributed by atoms with Gasteiger partial charge in [0.25, 0.3) is 5.17 Å². The zero-order valence-corrected chi connectivity index (χ0v) is 10.9. The van der Waals surface area contributed by atoms with Crippen LogP contribution in [0, 0.1) is 0 Å². The molecule has 0 unspecified atom stereocenters. The smallest absolute Gasteiger partial charge is 0.291 e. The van der Waals surface area contributed by atoms with E-state index in [4.69, 9.17) is 34.8 Å². The maximum Gasteiger partial charge on any atom is 0.291 e. The lowest BCUT2D eigenvalue weighted by atomic mass is 10.6. The van der Waals surface area contributed by atoms with Crippen LogP contribution < -0.4 is 12.4 Å². The first kappa shape index (κ1) is 15.8. The van der Waals surface area contributed by atoms with E-state index in [0.717, 1.165) is 0 Å². The zero-order valence-electron chi connectivity index (χ0n) is 7.91. The molecule has 0 rings (SSSR count). The highest BCUT2D eigenvalue weighted by Crippen LogP contribution is 2.18. The van der Waals surface area contributed by atoms with Gasteiger partial charge in [-0.05, 0) is 11.6 Å². The van der Waals surface area contributed by atoms with Gasteiger partial charge in [0.1, 0.15) is 19.3 Å². The molecule has 0 saturated carbocycles. The molecule has 0 aliphatic heterocycles. The summed E-state index contributed by atoms with van der Waals surface area (Å²) in [6.45, 7) is 0. The SMILES string of the molecule is CN(C)/C(Cl)=C(\Cl)C(Cl)=[N+](C)C.[Cl-]. The van der Waals surface area contributed by atoms with Crippen LogP contribution in [-0.2, 0) is 0 Å². The maximum absolute atomic E-state index is 5.87. The van der Waals surface area contributed by atoms with Crippen LogP contribution in [0.25, 0.3) is 0 Å². The predicted molar refractivity (Wildman–Crippen MR) is 55.4 cm³/mol. The molecule has 0 aliphatic carbocycles. The van der Waals surface area contributed by atoms with Crippen molar-refractivity contribution in [3.8, 4) is 0 Å². The average molecular weight is 266 g/mol. The molecule has 0 aliphatic rings. The fraction of sp³-hybridized carbons (Fsp3) is 0.571. The van der Waals surface area contributed by atoms with Gasteiger partial charge in [-0.25, -0.2) is 4.58 Å². The first-order valence-electron chi connectivity index (χ1n) is 3.30. The van der Waals surface area contributed by atoms with E-state index < -0.39 is 0 Å². The number of hydrogen-bond acceptors (Lipinski definition) is 1. The summed E-state index contributed by atoms with van der Waals surface area (Å²) in [6, 6.07) is 0. The lowest BCUT2D eigenvalue weighted by Crippen LogP contribution is -3.00. The summed E-state index contributed by atoms with van der Waals surface area (Å²) in [5, 5.41) is 1.21. The zero-order chi connectivity index (χ0) is 9.89. The third-order valence-electron chi connectivity index (χ3n) is 1.15. The Hall–Kier alpha value is 0.370. The molecule has 13 heavy (non-hydrogen) atoms. The van der Waals surface area contributed by atoms with Crippen LogP contribution in [0.4, 0.5) is 0 Å².